The standard InChI is InChI=1S/C17H21N3O2S/c1-14-2-8-17(9-3-14)23(21,22)19-15-4-6-16(7-5-15)20-12-10-18-11-13-20/h2-9,18-19H,10-13H2,1H3. The van der Waals surface area contributed by atoms with Crippen LogP contribution < -0.4 is 14.9 Å². The van der Waals surface area contributed by atoms with Crippen LogP contribution in [-0.4, -0.2) is 34.6 Å². The number of nitrogens with one attached hydrogen (secondary N) is 2. The number of rotatable bonds is 4. The highest BCUT2D eigenvalue weighted by molar-refractivity contribution is 7.92. The smallest absolute Gasteiger partial charge is 0.261 e. The van der Waals surface area contributed by atoms with Crippen LogP contribution in [0.15, 0.2) is 53.4 Å². The minimum atomic E-state index is -3.54. The third-order valence-electron chi connectivity index (χ3n) is 3.93. The van der Waals surface area contributed by atoms with Gasteiger partial charge in [0.25, 0.3) is 10.0 Å². The predicted octanol–water partition coefficient (Wildman–Crippen LogP) is 2.21. The maximum Gasteiger partial charge on any atom is 0.261 e. The van der Waals surface area contributed by atoms with Gasteiger partial charge in [-0.3, -0.25) is 4.72 Å². The highest BCUT2D eigenvalue weighted by atomic mass is 32.2. The average Bonchev–Trinajstić information content (AvgIpc) is 2.56. The molecule has 122 valence electrons. The lowest BCUT2D eigenvalue weighted by atomic mass is 10.2. The molecule has 2 N–H and O–H groups in total. The average molecular weight is 331 g/mol. The fourth-order valence-electron chi connectivity index (χ4n) is 2.59. The first kappa shape index (κ1) is 15.8. The van der Waals surface area contributed by atoms with Crippen molar-refractivity contribution in [2.75, 3.05) is 35.8 Å². The first-order chi connectivity index (χ1) is 11.0. The van der Waals surface area contributed by atoms with Crippen LogP contribution in [0.5, 0.6) is 0 Å². The van der Waals surface area contributed by atoms with Crippen molar-refractivity contribution in [2.24, 2.45) is 0 Å². The second-order valence-corrected chi connectivity index (χ2v) is 7.38. The normalized spacial score (nSPS) is 15.4. The van der Waals surface area contributed by atoms with Crippen molar-refractivity contribution < 1.29 is 8.42 Å². The fourth-order valence-corrected chi connectivity index (χ4v) is 3.65. The van der Waals surface area contributed by atoms with Gasteiger partial charge in [-0.05, 0) is 43.3 Å². The Hall–Kier alpha value is -2.05. The minimum Gasteiger partial charge on any atom is -0.369 e. The largest absolute Gasteiger partial charge is 0.369 e. The number of hydrogen-bond acceptors (Lipinski definition) is 4. The zero-order valence-electron chi connectivity index (χ0n) is 13.1. The lowest BCUT2D eigenvalue weighted by molar-refractivity contribution is 0.589. The van der Waals surface area contributed by atoms with Gasteiger partial charge in [0.2, 0.25) is 0 Å². The third-order valence-corrected chi connectivity index (χ3v) is 5.33. The topological polar surface area (TPSA) is 61.4 Å². The predicted molar refractivity (Wildman–Crippen MR) is 93.5 cm³/mol. The summed E-state index contributed by atoms with van der Waals surface area (Å²) in [6.07, 6.45) is 0. The molecule has 0 radical (unpaired) electrons. The summed E-state index contributed by atoms with van der Waals surface area (Å²) in [6.45, 7) is 5.81. The van der Waals surface area contributed by atoms with E-state index in [9.17, 15) is 8.42 Å². The quantitative estimate of drug-likeness (QED) is 0.902. The van der Waals surface area contributed by atoms with E-state index in [1.165, 1.54) is 0 Å². The number of aryl methyl sites for hydroxylation is 1. The second-order valence-electron chi connectivity index (χ2n) is 5.70. The third kappa shape index (κ3) is 3.83. The lowest BCUT2D eigenvalue weighted by Crippen LogP contribution is -2.43. The molecule has 2 aromatic carbocycles. The van der Waals surface area contributed by atoms with E-state index < -0.39 is 10.0 Å². The summed E-state index contributed by atoms with van der Waals surface area (Å²) in [5, 5.41) is 3.32. The van der Waals surface area contributed by atoms with Crippen molar-refractivity contribution in [2.45, 2.75) is 11.8 Å². The minimum absolute atomic E-state index is 0.272. The molecule has 0 unspecified atom stereocenters. The van der Waals surface area contributed by atoms with Gasteiger partial charge >= 0.3 is 0 Å². The zero-order chi connectivity index (χ0) is 16.3. The van der Waals surface area contributed by atoms with Crippen molar-refractivity contribution in [1.29, 1.82) is 0 Å². The lowest BCUT2D eigenvalue weighted by Gasteiger charge is -2.29. The van der Waals surface area contributed by atoms with E-state index in [4.69, 9.17) is 0 Å². The molecule has 3 rings (SSSR count). The van der Waals surface area contributed by atoms with Crippen molar-refractivity contribution in [1.82, 2.24) is 5.32 Å². The molecule has 0 amide bonds. The Morgan fingerprint density at radius 1 is 0.957 bits per heavy atom. The second kappa shape index (κ2) is 6.60. The first-order valence-corrected chi connectivity index (χ1v) is 9.18. The van der Waals surface area contributed by atoms with Crippen molar-refractivity contribution in [3.8, 4) is 0 Å². The Kier molecular flexibility index (Phi) is 4.54. The van der Waals surface area contributed by atoms with Gasteiger partial charge in [0.1, 0.15) is 0 Å². The molecule has 1 aliphatic rings. The van der Waals surface area contributed by atoms with Crippen LogP contribution >= 0.6 is 0 Å². The summed E-state index contributed by atoms with van der Waals surface area (Å²) >= 11 is 0. The summed E-state index contributed by atoms with van der Waals surface area (Å²) < 4.78 is 27.4. The Bertz CT molecular complexity index is 749. The van der Waals surface area contributed by atoms with Crippen LogP contribution in [0.25, 0.3) is 0 Å². The van der Waals surface area contributed by atoms with Gasteiger partial charge in [0.05, 0.1) is 4.90 Å². The number of nitrogens with zero attached hydrogens (tertiary/aromatic N) is 1. The van der Waals surface area contributed by atoms with Crippen molar-refractivity contribution in [3.63, 3.8) is 0 Å². The number of benzene rings is 2. The number of piperazine rings is 1. The molecule has 2 aromatic rings. The number of anilines is 2. The van der Waals surface area contributed by atoms with Gasteiger partial charge < -0.3 is 10.2 Å². The molecular weight excluding hydrogens is 310 g/mol. The monoisotopic (exact) mass is 331 g/mol. The molecule has 0 bridgehead atoms. The van der Waals surface area contributed by atoms with Crippen LogP contribution in [0.2, 0.25) is 0 Å². The fraction of sp³-hybridized carbons (Fsp3) is 0.294. The first-order valence-electron chi connectivity index (χ1n) is 7.70. The molecule has 1 aliphatic heterocycles. The van der Waals surface area contributed by atoms with E-state index in [1.807, 2.05) is 31.2 Å². The molecule has 0 aliphatic carbocycles. The van der Waals surface area contributed by atoms with Crippen LogP contribution in [0.3, 0.4) is 0 Å². The molecule has 1 saturated heterocycles. The van der Waals surface area contributed by atoms with Crippen LogP contribution in [0.4, 0.5) is 11.4 Å². The SMILES string of the molecule is Cc1ccc(S(=O)(=O)Nc2ccc(N3CCNCC3)cc2)cc1. The Balaban J connectivity index is 1.73. The molecule has 23 heavy (non-hydrogen) atoms. The highest BCUT2D eigenvalue weighted by Crippen LogP contribution is 2.21. The number of sulfonamides is 1. The molecular formula is C17H21N3O2S. The van der Waals surface area contributed by atoms with Crippen LogP contribution in [-0.2, 0) is 10.0 Å². The van der Waals surface area contributed by atoms with Gasteiger partial charge in [0, 0.05) is 37.6 Å². The van der Waals surface area contributed by atoms with Crippen molar-refractivity contribution in [3.05, 3.63) is 54.1 Å². The zero-order valence-corrected chi connectivity index (χ0v) is 13.9. The van der Waals surface area contributed by atoms with Gasteiger partial charge in [0.15, 0.2) is 0 Å². The summed E-state index contributed by atoms with van der Waals surface area (Å²) in [5.41, 5.74) is 2.72. The Labute approximate surface area is 137 Å². The summed E-state index contributed by atoms with van der Waals surface area (Å²) in [5.74, 6) is 0. The summed E-state index contributed by atoms with van der Waals surface area (Å²) in [6, 6.07) is 14.4. The summed E-state index contributed by atoms with van der Waals surface area (Å²) in [4.78, 5) is 2.56. The van der Waals surface area contributed by atoms with E-state index in [0.29, 0.717) is 5.69 Å². The molecule has 1 fully saturated rings. The van der Waals surface area contributed by atoms with Crippen LogP contribution in [0.1, 0.15) is 5.56 Å². The van der Waals surface area contributed by atoms with E-state index in [1.54, 1.807) is 24.3 Å². The Morgan fingerprint density at radius 3 is 2.17 bits per heavy atom. The van der Waals surface area contributed by atoms with Gasteiger partial charge in [-0.1, -0.05) is 17.7 Å². The Morgan fingerprint density at radius 2 is 1.57 bits per heavy atom. The van der Waals surface area contributed by atoms with Crippen molar-refractivity contribution >= 4 is 21.4 Å². The van der Waals surface area contributed by atoms with Gasteiger partial charge in [-0.25, -0.2) is 8.42 Å². The maximum atomic E-state index is 12.4. The molecule has 0 saturated carbocycles. The molecule has 0 spiro atoms. The van der Waals surface area contributed by atoms with E-state index >= 15 is 0 Å². The molecule has 5 nitrogen and oxygen atoms in total. The van der Waals surface area contributed by atoms with E-state index in [2.05, 4.69) is 14.9 Å². The van der Waals surface area contributed by atoms with E-state index in [0.717, 1.165) is 37.4 Å². The maximum absolute atomic E-state index is 12.4. The summed E-state index contributed by atoms with van der Waals surface area (Å²) in [7, 11) is -3.54. The highest BCUT2D eigenvalue weighted by Gasteiger charge is 2.14. The molecule has 0 aromatic heterocycles. The van der Waals surface area contributed by atoms with E-state index in [-0.39, 0.29) is 4.90 Å². The molecule has 1 heterocycles. The molecule has 0 atom stereocenters. The van der Waals surface area contributed by atoms with Crippen LogP contribution in [0, 0.1) is 6.92 Å². The van der Waals surface area contributed by atoms with Gasteiger partial charge in [-0.15, -0.1) is 0 Å². The van der Waals surface area contributed by atoms with Gasteiger partial charge in [-0.2, -0.15) is 0 Å². The number of hydrogen-bond donors (Lipinski definition) is 2. The molecule has 6 heteroatoms.